The smallest absolute Gasteiger partial charge is 0.243 e. The lowest BCUT2D eigenvalue weighted by Crippen LogP contribution is -2.43. The maximum absolute atomic E-state index is 13.1. The van der Waals surface area contributed by atoms with Crippen molar-refractivity contribution in [2.75, 3.05) is 26.0 Å². The van der Waals surface area contributed by atoms with Crippen LogP contribution in [0.1, 0.15) is 18.4 Å². The third kappa shape index (κ3) is 4.41. The fourth-order valence-corrected chi connectivity index (χ4v) is 5.84. The lowest BCUT2D eigenvalue weighted by atomic mass is 10.2. The van der Waals surface area contributed by atoms with Crippen LogP contribution in [0, 0.1) is 6.92 Å². The molecule has 2 aromatic carbocycles. The summed E-state index contributed by atoms with van der Waals surface area (Å²) in [6.07, 6.45) is 0.988. The zero-order chi connectivity index (χ0) is 22.1. The number of nitrogens with zero attached hydrogens (tertiary/aromatic N) is 2. The first-order chi connectivity index (χ1) is 14.0. The van der Waals surface area contributed by atoms with Crippen LogP contribution in [0.5, 0.6) is 0 Å². The highest BCUT2D eigenvalue weighted by molar-refractivity contribution is 7.89. The summed E-state index contributed by atoms with van der Waals surface area (Å²) in [4.78, 5) is 12.7. The van der Waals surface area contributed by atoms with E-state index < -0.39 is 26.1 Å². The van der Waals surface area contributed by atoms with Crippen LogP contribution in [-0.4, -0.2) is 58.0 Å². The Balaban J connectivity index is 1.82. The van der Waals surface area contributed by atoms with Gasteiger partial charge in [0.25, 0.3) is 0 Å². The summed E-state index contributed by atoms with van der Waals surface area (Å²) in [5.74, 6) is -0.383. The van der Waals surface area contributed by atoms with E-state index >= 15 is 0 Å². The number of hydrogen-bond donors (Lipinski definition) is 1. The second-order valence-electron chi connectivity index (χ2n) is 7.39. The highest BCUT2D eigenvalue weighted by atomic mass is 32.2. The van der Waals surface area contributed by atoms with E-state index in [2.05, 4.69) is 5.32 Å². The Labute approximate surface area is 177 Å². The molecule has 1 atom stereocenters. The van der Waals surface area contributed by atoms with E-state index in [-0.39, 0.29) is 22.2 Å². The number of benzene rings is 2. The van der Waals surface area contributed by atoms with Gasteiger partial charge in [-0.3, -0.25) is 4.79 Å². The predicted octanol–water partition coefficient (Wildman–Crippen LogP) is 2.04. The molecule has 1 heterocycles. The van der Waals surface area contributed by atoms with Crippen LogP contribution < -0.4 is 5.32 Å². The Morgan fingerprint density at radius 1 is 0.967 bits per heavy atom. The summed E-state index contributed by atoms with van der Waals surface area (Å²) < 4.78 is 52.9. The van der Waals surface area contributed by atoms with Crippen LogP contribution in [0.25, 0.3) is 0 Å². The molecular formula is C20H25N3O5S2. The second-order valence-corrected chi connectivity index (χ2v) is 11.4. The molecule has 1 saturated heterocycles. The summed E-state index contributed by atoms with van der Waals surface area (Å²) in [6, 6.07) is 11.5. The third-order valence-electron chi connectivity index (χ3n) is 5.03. The molecule has 1 unspecified atom stereocenters. The second kappa shape index (κ2) is 8.46. The van der Waals surface area contributed by atoms with E-state index in [0.29, 0.717) is 18.5 Å². The molecular weight excluding hydrogens is 426 g/mol. The van der Waals surface area contributed by atoms with Crippen molar-refractivity contribution in [2.45, 2.75) is 35.6 Å². The Morgan fingerprint density at radius 3 is 2.10 bits per heavy atom. The molecule has 1 N–H and O–H groups in total. The van der Waals surface area contributed by atoms with Crippen molar-refractivity contribution in [3.05, 3.63) is 54.1 Å². The molecule has 1 amide bonds. The molecule has 0 aromatic heterocycles. The first kappa shape index (κ1) is 22.4. The van der Waals surface area contributed by atoms with Gasteiger partial charge in [-0.25, -0.2) is 21.1 Å². The monoisotopic (exact) mass is 451 g/mol. The zero-order valence-corrected chi connectivity index (χ0v) is 18.7. The molecule has 10 heteroatoms. The van der Waals surface area contributed by atoms with Crippen LogP contribution >= 0.6 is 0 Å². The molecule has 1 aliphatic heterocycles. The van der Waals surface area contributed by atoms with Crippen molar-refractivity contribution in [3.63, 3.8) is 0 Å². The summed E-state index contributed by atoms with van der Waals surface area (Å²) >= 11 is 0. The SMILES string of the molecule is Cc1ccc(NC(=O)C2CCCN2S(=O)(=O)c2ccc(S(=O)(=O)N(C)C)cc2)cc1. The van der Waals surface area contributed by atoms with Gasteiger partial charge in [-0.1, -0.05) is 17.7 Å². The number of aryl methyl sites for hydroxylation is 1. The fraction of sp³-hybridized carbons (Fsp3) is 0.350. The highest BCUT2D eigenvalue weighted by Crippen LogP contribution is 2.28. The molecule has 0 radical (unpaired) electrons. The summed E-state index contributed by atoms with van der Waals surface area (Å²) in [6.45, 7) is 2.16. The molecule has 0 spiro atoms. The normalized spacial score (nSPS) is 17.9. The molecule has 8 nitrogen and oxygen atoms in total. The van der Waals surface area contributed by atoms with Crippen molar-refractivity contribution in [3.8, 4) is 0 Å². The van der Waals surface area contributed by atoms with Crippen LogP contribution in [0.3, 0.4) is 0 Å². The Hall–Kier alpha value is -2.27. The molecule has 0 aliphatic carbocycles. The average molecular weight is 452 g/mol. The van der Waals surface area contributed by atoms with Gasteiger partial charge in [-0.2, -0.15) is 4.31 Å². The van der Waals surface area contributed by atoms with Gasteiger partial charge in [0.05, 0.1) is 9.79 Å². The predicted molar refractivity (Wildman–Crippen MR) is 114 cm³/mol. The first-order valence-electron chi connectivity index (χ1n) is 9.45. The number of hydrogen-bond acceptors (Lipinski definition) is 5. The molecule has 3 rings (SSSR count). The number of carbonyl (C=O) groups is 1. The lowest BCUT2D eigenvalue weighted by molar-refractivity contribution is -0.119. The molecule has 162 valence electrons. The summed E-state index contributed by atoms with van der Waals surface area (Å²) in [5, 5.41) is 2.78. The van der Waals surface area contributed by atoms with E-state index in [1.165, 1.54) is 42.7 Å². The summed E-state index contributed by atoms with van der Waals surface area (Å²) in [7, 11) is -4.80. The first-order valence-corrected chi connectivity index (χ1v) is 12.3. The Kier molecular flexibility index (Phi) is 6.32. The minimum absolute atomic E-state index is 0.00142. The molecule has 0 saturated carbocycles. The van der Waals surface area contributed by atoms with Crippen LogP contribution in [0.15, 0.2) is 58.3 Å². The van der Waals surface area contributed by atoms with Gasteiger partial charge in [-0.05, 0) is 56.2 Å². The number of sulfonamides is 2. The van der Waals surface area contributed by atoms with E-state index in [4.69, 9.17) is 0 Å². The van der Waals surface area contributed by atoms with Gasteiger partial charge in [0.2, 0.25) is 26.0 Å². The molecule has 1 fully saturated rings. The maximum Gasteiger partial charge on any atom is 0.243 e. The Morgan fingerprint density at radius 2 is 1.53 bits per heavy atom. The zero-order valence-electron chi connectivity index (χ0n) is 17.1. The van der Waals surface area contributed by atoms with Gasteiger partial charge in [-0.15, -0.1) is 0 Å². The Bertz CT molecular complexity index is 1130. The van der Waals surface area contributed by atoms with Crippen LogP contribution in [0.2, 0.25) is 0 Å². The molecule has 2 aromatic rings. The minimum atomic E-state index is -3.95. The number of nitrogens with one attached hydrogen (secondary N) is 1. The van der Waals surface area contributed by atoms with E-state index in [9.17, 15) is 21.6 Å². The maximum atomic E-state index is 13.1. The van der Waals surface area contributed by atoms with Crippen molar-refractivity contribution < 1.29 is 21.6 Å². The van der Waals surface area contributed by atoms with Crippen molar-refractivity contribution in [1.29, 1.82) is 0 Å². The van der Waals surface area contributed by atoms with Gasteiger partial charge >= 0.3 is 0 Å². The van der Waals surface area contributed by atoms with Crippen molar-refractivity contribution >= 4 is 31.6 Å². The number of anilines is 1. The summed E-state index contributed by atoms with van der Waals surface area (Å²) in [5.41, 5.74) is 1.66. The third-order valence-corrected chi connectivity index (χ3v) is 8.79. The van der Waals surface area contributed by atoms with Gasteiger partial charge < -0.3 is 5.32 Å². The number of amides is 1. The largest absolute Gasteiger partial charge is 0.325 e. The molecule has 0 bridgehead atoms. The van der Waals surface area contributed by atoms with E-state index in [1.807, 2.05) is 19.1 Å². The quantitative estimate of drug-likeness (QED) is 0.724. The van der Waals surface area contributed by atoms with E-state index in [0.717, 1.165) is 9.87 Å². The fourth-order valence-electron chi connectivity index (χ4n) is 3.28. The number of carbonyl (C=O) groups excluding carboxylic acids is 1. The average Bonchev–Trinajstić information content (AvgIpc) is 3.20. The van der Waals surface area contributed by atoms with Crippen molar-refractivity contribution in [2.24, 2.45) is 0 Å². The van der Waals surface area contributed by atoms with Gasteiger partial charge in [0.15, 0.2) is 0 Å². The highest BCUT2D eigenvalue weighted by Gasteiger charge is 2.39. The van der Waals surface area contributed by atoms with Gasteiger partial charge in [0, 0.05) is 26.3 Å². The standard InChI is InChI=1S/C20H25N3O5S2/c1-15-6-8-16(9-7-15)21-20(24)19-5-4-14-23(19)30(27,28)18-12-10-17(11-13-18)29(25,26)22(2)3/h6-13,19H,4-5,14H2,1-3H3,(H,21,24). The van der Waals surface area contributed by atoms with Crippen LogP contribution in [0.4, 0.5) is 5.69 Å². The van der Waals surface area contributed by atoms with Crippen molar-refractivity contribution in [1.82, 2.24) is 8.61 Å². The minimum Gasteiger partial charge on any atom is -0.325 e. The lowest BCUT2D eigenvalue weighted by Gasteiger charge is -2.23. The topological polar surface area (TPSA) is 104 Å². The molecule has 30 heavy (non-hydrogen) atoms. The van der Waals surface area contributed by atoms with E-state index in [1.54, 1.807) is 12.1 Å². The number of rotatable bonds is 6. The van der Waals surface area contributed by atoms with Gasteiger partial charge in [0.1, 0.15) is 6.04 Å². The van der Waals surface area contributed by atoms with Crippen LogP contribution in [-0.2, 0) is 24.8 Å². The molecule has 1 aliphatic rings.